The Labute approximate surface area is 214 Å². The number of aryl methyl sites for hydroxylation is 1. The van der Waals surface area contributed by atoms with Gasteiger partial charge in [0, 0.05) is 19.1 Å². The number of methoxy groups -OCH3 is 1. The zero-order valence-corrected chi connectivity index (χ0v) is 22.1. The number of aliphatic hydroxyl groups is 1. The van der Waals surface area contributed by atoms with Crippen LogP contribution in [0.5, 0.6) is 17.4 Å². The number of nitrogens with zero attached hydrogens (tertiary/aromatic N) is 3. The lowest BCUT2D eigenvalue weighted by molar-refractivity contribution is -0.0573. The van der Waals surface area contributed by atoms with Crippen molar-refractivity contribution in [1.29, 1.82) is 0 Å². The highest BCUT2D eigenvalue weighted by molar-refractivity contribution is 5.47. The zero-order valence-electron chi connectivity index (χ0n) is 22.1. The molecular weight excluding hydrogens is 454 g/mol. The van der Waals surface area contributed by atoms with Gasteiger partial charge in [-0.15, -0.1) is 0 Å². The van der Waals surface area contributed by atoms with Gasteiger partial charge in [-0.05, 0) is 64.3 Å². The highest BCUT2D eigenvalue weighted by Crippen LogP contribution is 2.38. The first kappa shape index (κ1) is 26.2. The molecule has 7 heteroatoms. The Morgan fingerprint density at radius 2 is 1.72 bits per heavy atom. The van der Waals surface area contributed by atoms with E-state index in [0.717, 1.165) is 36.2 Å². The summed E-state index contributed by atoms with van der Waals surface area (Å²) in [6.07, 6.45) is 2.46. The van der Waals surface area contributed by atoms with Gasteiger partial charge in [-0.1, -0.05) is 37.3 Å². The Hall–Kier alpha value is -2.87. The molecule has 1 aliphatic rings. The van der Waals surface area contributed by atoms with E-state index in [1.807, 2.05) is 80.1 Å². The lowest BCUT2D eigenvalue weighted by Crippen LogP contribution is -2.38. The molecule has 194 valence electrons. The van der Waals surface area contributed by atoms with Gasteiger partial charge < -0.3 is 19.3 Å². The highest BCUT2D eigenvalue weighted by Gasteiger charge is 2.33. The van der Waals surface area contributed by atoms with Gasteiger partial charge in [-0.3, -0.25) is 4.90 Å². The van der Waals surface area contributed by atoms with Gasteiger partial charge in [-0.25, -0.2) is 4.68 Å². The largest absolute Gasteiger partial charge is 0.493 e. The molecule has 0 aliphatic heterocycles. The van der Waals surface area contributed by atoms with E-state index >= 15 is 0 Å². The number of hydrogen-bond acceptors (Lipinski definition) is 6. The first-order chi connectivity index (χ1) is 17.3. The third-order valence-electron chi connectivity index (χ3n) is 6.21. The Morgan fingerprint density at radius 1 is 1.06 bits per heavy atom. The quantitative estimate of drug-likeness (QED) is 0.366. The highest BCUT2D eigenvalue weighted by atomic mass is 16.5. The topological polar surface area (TPSA) is 69.0 Å². The van der Waals surface area contributed by atoms with Crippen LogP contribution >= 0.6 is 0 Å². The van der Waals surface area contributed by atoms with Crippen LogP contribution in [0.4, 0.5) is 0 Å². The molecule has 1 atom stereocenters. The van der Waals surface area contributed by atoms with Gasteiger partial charge in [-0.2, -0.15) is 5.10 Å². The van der Waals surface area contributed by atoms with E-state index in [1.54, 1.807) is 7.11 Å². The van der Waals surface area contributed by atoms with Gasteiger partial charge in [0.2, 0.25) is 5.88 Å². The van der Waals surface area contributed by atoms with Crippen LogP contribution < -0.4 is 9.47 Å². The van der Waals surface area contributed by atoms with E-state index in [4.69, 9.17) is 19.3 Å². The maximum Gasteiger partial charge on any atom is 0.227 e. The van der Waals surface area contributed by atoms with Crippen molar-refractivity contribution in [3.63, 3.8) is 0 Å². The van der Waals surface area contributed by atoms with Crippen LogP contribution in [0.15, 0.2) is 54.6 Å². The molecule has 0 radical (unpaired) electrons. The fourth-order valence-corrected chi connectivity index (χ4v) is 4.23. The lowest BCUT2D eigenvalue weighted by Gasteiger charge is -2.27. The molecule has 36 heavy (non-hydrogen) atoms. The summed E-state index contributed by atoms with van der Waals surface area (Å²) < 4.78 is 19.8. The fourth-order valence-electron chi connectivity index (χ4n) is 4.23. The average Bonchev–Trinajstić information content (AvgIpc) is 3.66. The van der Waals surface area contributed by atoms with Gasteiger partial charge in [0.1, 0.15) is 0 Å². The summed E-state index contributed by atoms with van der Waals surface area (Å²) in [5.41, 5.74) is 2.66. The average molecular weight is 494 g/mol. The van der Waals surface area contributed by atoms with Crippen molar-refractivity contribution >= 4 is 0 Å². The number of para-hydroxylation sites is 3. The Balaban J connectivity index is 1.68. The smallest absolute Gasteiger partial charge is 0.227 e. The standard InChI is InChI=1S/C29H39N3O4/c1-6-25-24(19-31(21-16-17-21)18-23(33)20-35-29(2,3)4)28(32(30-25)22-12-8-7-9-13-22)36-27-15-11-10-14-26(27)34-5/h7-15,21,23,33H,6,16-20H2,1-5H3. The Kier molecular flexibility index (Phi) is 8.34. The molecule has 0 amide bonds. The van der Waals surface area contributed by atoms with Crippen molar-refractivity contribution in [3.8, 4) is 23.1 Å². The number of ether oxygens (including phenoxy) is 3. The summed E-state index contributed by atoms with van der Waals surface area (Å²) in [6, 6.07) is 18.1. The van der Waals surface area contributed by atoms with Gasteiger partial charge >= 0.3 is 0 Å². The van der Waals surface area contributed by atoms with Crippen molar-refractivity contribution in [2.24, 2.45) is 0 Å². The summed E-state index contributed by atoms with van der Waals surface area (Å²) in [5.74, 6) is 1.97. The molecule has 4 rings (SSSR count). The second-order valence-corrected chi connectivity index (χ2v) is 10.3. The minimum atomic E-state index is -0.572. The SMILES string of the molecule is CCc1nn(-c2ccccc2)c(Oc2ccccc2OC)c1CN(CC(O)COC(C)(C)C)C1CC1. The Morgan fingerprint density at radius 3 is 2.33 bits per heavy atom. The molecular formula is C29H39N3O4. The van der Waals surface area contributed by atoms with Crippen molar-refractivity contribution in [3.05, 3.63) is 65.9 Å². The van der Waals surface area contributed by atoms with Gasteiger partial charge in [0.05, 0.1) is 42.4 Å². The molecule has 7 nitrogen and oxygen atoms in total. The van der Waals surface area contributed by atoms with E-state index < -0.39 is 6.10 Å². The van der Waals surface area contributed by atoms with Crippen LogP contribution in [0.1, 0.15) is 51.8 Å². The molecule has 0 bridgehead atoms. The van der Waals surface area contributed by atoms with Gasteiger partial charge in [0.25, 0.3) is 0 Å². The minimum Gasteiger partial charge on any atom is -0.493 e. The maximum absolute atomic E-state index is 10.8. The van der Waals surface area contributed by atoms with E-state index in [-0.39, 0.29) is 5.60 Å². The lowest BCUT2D eigenvalue weighted by atomic mass is 10.1. The summed E-state index contributed by atoms with van der Waals surface area (Å²) in [6.45, 7) is 9.61. The van der Waals surface area contributed by atoms with Gasteiger partial charge in [0.15, 0.2) is 11.5 Å². The summed E-state index contributed by atoms with van der Waals surface area (Å²) >= 11 is 0. The Bertz CT molecular complexity index is 1120. The second kappa shape index (κ2) is 11.5. The predicted octanol–water partition coefficient (Wildman–Crippen LogP) is 5.38. The van der Waals surface area contributed by atoms with Crippen LogP contribution in [0.2, 0.25) is 0 Å². The molecule has 1 aromatic heterocycles. The molecule has 2 aromatic carbocycles. The molecule has 1 N–H and O–H groups in total. The minimum absolute atomic E-state index is 0.284. The van der Waals surface area contributed by atoms with Crippen LogP contribution in [-0.2, 0) is 17.7 Å². The molecule has 3 aromatic rings. The molecule has 1 fully saturated rings. The van der Waals surface area contributed by atoms with Crippen LogP contribution in [0.25, 0.3) is 5.69 Å². The molecule has 1 aliphatic carbocycles. The number of aliphatic hydroxyl groups excluding tert-OH is 1. The van der Waals surface area contributed by atoms with Crippen molar-refractivity contribution in [2.45, 2.75) is 71.2 Å². The third kappa shape index (κ3) is 6.66. The maximum atomic E-state index is 10.8. The third-order valence-corrected chi connectivity index (χ3v) is 6.21. The zero-order chi connectivity index (χ0) is 25.7. The molecule has 1 unspecified atom stereocenters. The summed E-state index contributed by atoms with van der Waals surface area (Å²) in [7, 11) is 1.64. The first-order valence-electron chi connectivity index (χ1n) is 12.8. The number of benzene rings is 2. The molecule has 1 saturated carbocycles. The number of rotatable bonds is 12. The normalized spacial score (nSPS) is 14.8. The van der Waals surface area contributed by atoms with Crippen LogP contribution in [-0.4, -0.2) is 57.8 Å². The number of aromatic nitrogens is 2. The molecule has 0 spiro atoms. The van der Waals surface area contributed by atoms with E-state index in [9.17, 15) is 5.11 Å². The van der Waals surface area contributed by atoms with Crippen LogP contribution in [0, 0.1) is 0 Å². The molecule has 1 heterocycles. The van der Waals surface area contributed by atoms with Crippen molar-refractivity contribution in [1.82, 2.24) is 14.7 Å². The first-order valence-corrected chi connectivity index (χ1v) is 12.8. The summed E-state index contributed by atoms with van der Waals surface area (Å²) in [5, 5.41) is 15.8. The van der Waals surface area contributed by atoms with E-state index in [0.29, 0.717) is 43.1 Å². The van der Waals surface area contributed by atoms with Crippen LogP contribution in [0.3, 0.4) is 0 Å². The summed E-state index contributed by atoms with van der Waals surface area (Å²) in [4.78, 5) is 2.34. The monoisotopic (exact) mass is 493 g/mol. The van der Waals surface area contributed by atoms with E-state index in [2.05, 4.69) is 11.8 Å². The fraction of sp³-hybridized carbons (Fsp3) is 0.483. The van der Waals surface area contributed by atoms with E-state index in [1.165, 1.54) is 0 Å². The second-order valence-electron chi connectivity index (χ2n) is 10.3. The van der Waals surface area contributed by atoms with Crippen molar-refractivity contribution in [2.75, 3.05) is 20.3 Å². The number of hydrogen-bond donors (Lipinski definition) is 1. The van der Waals surface area contributed by atoms with Crippen molar-refractivity contribution < 1.29 is 19.3 Å². The molecule has 0 saturated heterocycles. The predicted molar refractivity (Wildman–Crippen MR) is 141 cm³/mol.